The van der Waals surface area contributed by atoms with Crippen LogP contribution in [-0.4, -0.2) is 33.4 Å². The number of barbiturate groups is 1. The Hall–Kier alpha value is -3.86. The summed E-state index contributed by atoms with van der Waals surface area (Å²) in [4.78, 5) is 38.9. The molecular weight excluding hydrogens is 555 g/mol. The summed E-state index contributed by atoms with van der Waals surface area (Å²) in [5.41, 5.74) is 1.61. The van der Waals surface area contributed by atoms with Gasteiger partial charge in [0.2, 0.25) is 5.75 Å². The van der Waals surface area contributed by atoms with Crippen molar-refractivity contribution >= 4 is 62.9 Å². The number of carbonyl (C=O) groups is 3. The molecule has 0 unspecified atom stereocenters. The lowest BCUT2D eigenvalue weighted by Crippen LogP contribution is -2.54. The van der Waals surface area contributed by atoms with Crippen LogP contribution in [0.5, 0.6) is 11.5 Å². The number of amides is 4. The average Bonchev–Trinajstić information content (AvgIpc) is 2.85. The van der Waals surface area contributed by atoms with Crippen molar-refractivity contribution in [2.75, 3.05) is 12.0 Å². The van der Waals surface area contributed by atoms with Gasteiger partial charge in [-0.05, 0) is 67.4 Å². The first-order valence-electron chi connectivity index (χ1n) is 11.0. The average molecular weight is 575 g/mol. The summed E-state index contributed by atoms with van der Waals surface area (Å²) >= 11 is 12.5. The molecule has 4 rings (SSSR count). The molecule has 0 atom stereocenters. The van der Waals surface area contributed by atoms with E-state index < -0.39 is 28.0 Å². The molecule has 1 saturated heterocycles. The third kappa shape index (κ3) is 5.38. The van der Waals surface area contributed by atoms with Gasteiger partial charge in [-0.2, -0.15) is 8.42 Å². The molecule has 1 N–H and O–H groups in total. The van der Waals surface area contributed by atoms with Gasteiger partial charge >= 0.3 is 16.1 Å². The van der Waals surface area contributed by atoms with Gasteiger partial charge in [0.05, 0.1) is 17.8 Å². The number of halogens is 2. The zero-order valence-electron chi connectivity index (χ0n) is 20.2. The van der Waals surface area contributed by atoms with Crippen molar-refractivity contribution in [1.82, 2.24) is 5.32 Å². The number of urea groups is 1. The third-order valence-electron chi connectivity index (χ3n) is 5.58. The molecule has 0 aliphatic carbocycles. The topological polar surface area (TPSA) is 119 Å². The lowest BCUT2D eigenvalue weighted by atomic mass is 10.1. The Kier molecular flexibility index (Phi) is 7.50. The van der Waals surface area contributed by atoms with Crippen LogP contribution in [-0.2, 0) is 19.7 Å². The molecule has 1 aliphatic heterocycles. The molecule has 4 amide bonds. The zero-order chi connectivity index (χ0) is 27.8. The van der Waals surface area contributed by atoms with E-state index in [4.69, 9.17) is 32.1 Å². The lowest BCUT2D eigenvalue weighted by Gasteiger charge is -2.26. The van der Waals surface area contributed by atoms with E-state index in [1.165, 1.54) is 49.6 Å². The van der Waals surface area contributed by atoms with Crippen molar-refractivity contribution in [3.8, 4) is 11.5 Å². The van der Waals surface area contributed by atoms with Crippen LogP contribution in [0.1, 0.15) is 16.7 Å². The Labute approximate surface area is 228 Å². The first-order valence-corrected chi connectivity index (χ1v) is 13.1. The quantitative estimate of drug-likeness (QED) is 0.248. The number of hydrogen-bond donors (Lipinski definition) is 1. The highest BCUT2D eigenvalue weighted by atomic mass is 35.5. The number of carbonyl (C=O) groups excluding carboxylic acids is 3. The second kappa shape index (κ2) is 10.5. The second-order valence-corrected chi connectivity index (χ2v) is 10.6. The van der Waals surface area contributed by atoms with E-state index in [1.54, 1.807) is 25.1 Å². The highest BCUT2D eigenvalue weighted by molar-refractivity contribution is 7.87. The number of methoxy groups -OCH3 is 1. The minimum atomic E-state index is -4.25. The first-order chi connectivity index (χ1) is 17.9. The first kappa shape index (κ1) is 27.2. The van der Waals surface area contributed by atoms with Crippen molar-refractivity contribution in [3.63, 3.8) is 0 Å². The van der Waals surface area contributed by atoms with Crippen molar-refractivity contribution in [3.05, 3.63) is 86.9 Å². The van der Waals surface area contributed by atoms with E-state index in [9.17, 15) is 22.8 Å². The molecule has 12 heteroatoms. The molecule has 38 heavy (non-hydrogen) atoms. The number of aryl methyl sites for hydroxylation is 2. The van der Waals surface area contributed by atoms with Crippen LogP contribution < -0.4 is 19.1 Å². The molecule has 3 aromatic rings. The monoisotopic (exact) mass is 574 g/mol. The van der Waals surface area contributed by atoms with Crippen molar-refractivity contribution in [2.45, 2.75) is 18.7 Å². The van der Waals surface area contributed by atoms with Gasteiger partial charge in [0.15, 0.2) is 5.75 Å². The number of benzene rings is 3. The van der Waals surface area contributed by atoms with Crippen LogP contribution in [0, 0.1) is 13.8 Å². The number of rotatable bonds is 6. The summed E-state index contributed by atoms with van der Waals surface area (Å²) in [5.74, 6) is -2.16. The van der Waals surface area contributed by atoms with Crippen molar-refractivity contribution < 1.29 is 31.7 Å². The Morgan fingerprint density at radius 3 is 2.24 bits per heavy atom. The van der Waals surface area contributed by atoms with E-state index in [1.807, 2.05) is 6.92 Å². The molecule has 196 valence electrons. The largest absolute Gasteiger partial charge is 0.493 e. The maximum atomic E-state index is 13.2. The summed E-state index contributed by atoms with van der Waals surface area (Å²) in [6, 6.07) is 12.3. The van der Waals surface area contributed by atoms with Gasteiger partial charge in [-0.15, -0.1) is 0 Å². The van der Waals surface area contributed by atoms with Crippen LogP contribution in [0.2, 0.25) is 10.0 Å². The van der Waals surface area contributed by atoms with Crippen LogP contribution in [0.4, 0.5) is 10.5 Å². The molecule has 1 aliphatic rings. The lowest BCUT2D eigenvalue weighted by molar-refractivity contribution is -0.122. The molecule has 1 fully saturated rings. The maximum absolute atomic E-state index is 13.2. The Morgan fingerprint density at radius 1 is 0.921 bits per heavy atom. The van der Waals surface area contributed by atoms with Gasteiger partial charge in [0.1, 0.15) is 10.5 Å². The highest BCUT2D eigenvalue weighted by Crippen LogP contribution is 2.39. The fourth-order valence-electron chi connectivity index (χ4n) is 3.55. The van der Waals surface area contributed by atoms with Crippen molar-refractivity contribution in [2.24, 2.45) is 0 Å². The molecule has 0 saturated carbocycles. The predicted octanol–water partition coefficient (Wildman–Crippen LogP) is 5.05. The molecule has 9 nitrogen and oxygen atoms in total. The molecule has 1 heterocycles. The van der Waals surface area contributed by atoms with Crippen LogP contribution >= 0.6 is 23.2 Å². The van der Waals surface area contributed by atoms with Gasteiger partial charge < -0.3 is 8.92 Å². The molecule has 0 radical (unpaired) electrons. The van der Waals surface area contributed by atoms with Gasteiger partial charge in [-0.1, -0.05) is 47.0 Å². The molecule has 0 bridgehead atoms. The highest BCUT2D eigenvalue weighted by Gasteiger charge is 2.37. The van der Waals surface area contributed by atoms with Gasteiger partial charge in [0.25, 0.3) is 11.8 Å². The number of anilines is 1. The van der Waals surface area contributed by atoms with E-state index >= 15 is 0 Å². The molecule has 0 aromatic heterocycles. The number of imide groups is 2. The minimum Gasteiger partial charge on any atom is -0.493 e. The maximum Gasteiger partial charge on any atom is 0.339 e. The Balaban J connectivity index is 1.70. The van der Waals surface area contributed by atoms with E-state index in [2.05, 4.69) is 5.32 Å². The summed E-state index contributed by atoms with van der Waals surface area (Å²) in [6.45, 7) is 3.57. The number of hydrogen-bond acceptors (Lipinski definition) is 7. The second-order valence-electron chi connectivity index (χ2n) is 8.28. The SMILES string of the molecule is COc1cc(/C=C2\C(=O)NC(=O)N(c3ccc(C)c(Cl)c3)C2=O)cc(Cl)c1OS(=O)(=O)c1ccc(C)cc1. The molecule has 3 aromatic carbocycles. The fourth-order valence-corrected chi connectivity index (χ4v) is 4.98. The minimum absolute atomic E-state index is 0.0676. The fraction of sp³-hybridized carbons (Fsp3) is 0.115. The third-order valence-corrected chi connectivity index (χ3v) is 7.50. The summed E-state index contributed by atoms with van der Waals surface area (Å²) in [7, 11) is -2.97. The van der Waals surface area contributed by atoms with Crippen LogP contribution in [0.25, 0.3) is 6.08 Å². The van der Waals surface area contributed by atoms with Gasteiger partial charge in [0, 0.05) is 5.02 Å². The van der Waals surface area contributed by atoms with E-state index in [0.717, 1.165) is 16.0 Å². The van der Waals surface area contributed by atoms with Crippen LogP contribution in [0.15, 0.2) is 65.1 Å². The number of ether oxygens (including phenoxy) is 1. The predicted molar refractivity (Wildman–Crippen MR) is 142 cm³/mol. The van der Waals surface area contributed by atoms with Gasteiger partial charge in [-0.25, -0.2) is 9.69 Å². The summed E-state index contributed by atoms with van der Waals surface area (Å²) < 4.78 is 36.1. The summed E-state index contributed by atoms with van der Waals surface area (Å²) in [5, 5.41) is 2.29. The Bertz CT molecular complexity index is 1620. The number of nitrogens with zero attached hydrogens (tertiary/aromatic N) is 1. The molecular formula is C26H20Cl2N2O7S. The van der Waals surface area contributed by atoms with Crippen LogP contribution in [0.3, 0.4) is 0 Å². The van der Waals surface area contributed by atoms with E-state index in [-0.39, 0.29) is 38.2 Å². The standard InChI is InChI=1S/C26H20Cl2N2O7S/c1-14-4-8-18(9-5-14)38(34,35)37-23-21(28)11-16(12-22(23)36-3)10-19-24(31)29-26(33)30(25(19)32)17-7-6-15(2)20(27)13-17/h4-13H,1-3H3,(H,29,31,33)/b19-10+. The summed E-state index contributed by atoms with van der Waals surface area (Å²) in [6.07, 6.45) is 1.19. The van der Waals surface area contributed by atoms with Crippen molar-refractivity contribution in [1.29, 1.82) is 0 Å². The number of nitrogens with one attached hydrogen (secondary N) is 1. The zero-order valence-corrected chi connectivity index (χ0v) is 22.6. The normalized spacial score (nSPS) is 15.0. The van der Waals surface area contributed by atoms with E-state index in [0.29, 0.717) is 5.02 Å². The van der Waals surface area contributed by atoms with Gasteiger partial charge in [-0.3, -0.25) is 14.9 Å². The smallest absolute Gasteiger partial charge is 0.339 e. The molecule has 0 spiro atoms. The Morgan fingerprint density at radius 2 is 1.61 bits per heavy atom.